The molecule has 0 bridgehead atoms. The topological polar surface area (TPSA) is 54.1 Å². The monoisotopic (exact) mass is 738 g/mol. The normalized spacial score (nSPS) is 11.0. The van der Waals surface area contributed by atoms with Gasteiger partial charge in [-0.1, -0.05) is 84.9 Å². The lowest BCUT2D eigenvalue weighted by molar-refractivity contribution is 0.577. The zero-order valence-corrected chi connectivity index (χ0v) is 29.6. The minimum atomic E-state index is -0.899. The number of para-hydroxylation sites is 4. The number of rotatable bonds is 10. The van der Waals surface area contributed by atoms with Crippen molar-refractivity contribution in [3.8, 4) is 12.1 Å². The molecule has 7 rings (SSSR count). The van der Waals surface area contributed by atoms with Gasteiger partial charge in [-0.3, -0.25) is 0 Å². The second-order valence-electron chi connectivity index (χ2n) is 12.6. The van der Waals surface area contributed by atoms with Gasteiger partial charge in [0.05, 0.1) is 34.6 Å². The van der Waals surface area contributed by atoms with E-state index in [9.17, 15) is 10.5 Å². The Kier molecular flexibility index (Phi) is 10.8. The van der Waals surface area contributed by atoms with Gasteiger partial charge in [0.1, 0.15) is 23.3 Å². The van der Waals surface area contributed by atoms with Crippen molar-refractivity contribution in [3.05, 3.63) is 214 Å². The molecule has 56 heavy (non-hydrogen) atoms. The average Bonchev–Trinajstić information content (AvgIpc) is 3.22. The summed E-state index contributed by atoms with van der Waals surface area (Å²) < 4.78 is 61.3. The second kappa shape index (κ2) is 16.6. The van der Waals surface area contributed by atoms with Crippen LogP contribution in [0.4, 0.5) is 51.7 Å². The number of hydrogen-bond acceptors (Lipinski definition) is 4. The molecule has 0 saturated heterocycles. The van der Waals surface area contributed by atoms with Crippen molar-refractivity contribution >= 4 is 58.4 Å². The first kappa shape index (κ1) is 36.7. The molecule has 270 valence electrons. The fourth-order valence-corrected chi connectivity index (χ4v) is 6.39. The van der Waals surface area contributed by atoms with E-state index in [-0.39, 0.29) is 22.3 Å². The van der Waals surface area contributed by atoms with Gasteiger partial charge in [0.2, 0.25) is 0 Å². The fourth-order valence-electron chi connectivity index (χ4n) is 6.39. The van der Waals surface area contributed by atoms with Gasteiger partial charge in [-0.15, -0.1) is 0 Å². The standard InChI is InChI=1S/C48H30F4N4/c49-43-25-33(31-53)26-44(50)41(43)23-21-35-30-48(56(39-17-9-3-10-18-39)40-19-11-4-12-20-40)36(22-24-42-45(51)27-34(32-54)28-46(42)52)29-47(35)55(37-13-5-1-6-14-37)38-15-7-2-8-16-38/h1-30H/b23-21+,24-22+. The number of hydrogen-bond donors (Lipinski definition) is 0. The second-order valence-corrected chi connectivity index (χ2v) is 12.6. The zero-order valence-electron chi connectivity index (χ0n) is 29.6. The molecule has 4 nitrogen and oxygen atoms in total. The van der Waals surface area contributed by atoms with E-state index in [0.717, 1.165) is 47.0 Å². The van der Waals surface area contributed by atoms with E-state index in [1.165, 1.54) is 12.2 Å². The number of benzene rings is 7. The Morgan fingerprint density at radius 3 is 0.893 bits per heavy atom. The molecule has 0 amide bonds. The van der Waals surface area contributed by atoms with Crippen molar-refractivity contribution in [2.45, 2.75) is 0 Å². The van der Waals surface area contributed by atoms with Gasteiger partial charge in [-0.05, 0) is 97.1 Å². The Morgan fingerprint density at radius 1 is 0.375 bits per heavy atom. The maximum atomic E-state index is 15.3. The van der Waals surface area contributed by atoms with Gasteiger partial charge in [-0.25, -0.2) is 17.6 Å². The van der Waals surface area contributed by atoms with E-state index in [1.54, 1.807) is 24.3 Å². The summed E-state index contributed by atoms with van der Waals surface area (Å²) >= 11 is 0. The van der Waals surface area contributed by atoms with Crippen LogP contribution >= 0.6 is 0 Å². The van der Waals surface area contributed by atoms with E-state index in [2.05, 4.69) is 0 Å². The molecule has 0 atom stereocenters. The first-order valence-corrected chi connectivity index (χ1v) is 17.5. The number of nitrogens with zero attached hydrogens (tertiary/aromatic N) is 4. The molecule has 0 aliphatic heterocycles. The first-order chi connectivity index (χ1) is 27.3. The number of anilines is 6. The van der Waals surface area contributed by atoms with Crippen molar-refractivity contribution < 1.29 is 17.6 Å². The van der Waals surface area contributed by atoms with Crippen LogP contribution in [0.2, 0.25) is 0 Å². The third-order valence-corrected chi connectivity index (χ3v) is 8.99. The maximum absolute atomic E-state index is 15.3. The first-order valence-electron chi connectivity index (χ1n) is 17.5. The van der Waals surface area contributed by atoms with Gasteiger partial charge in [0.25, 0.3) is 0 Å². The highest BCUT2D eigenvalue weighted by atomic mass is 19.1. The van der Waals surface area contributed by atoms with Crippen LogP contribution in [0.15, 0.2) is 158 Å². The zero-order chi connectivity index (χ0) is 39.0. The van der Waals surface area contributed by atoms with Crippen molar-refractivity contribution in [2.24, 2.45) is 0 Å². The highest BCUT2D eigenvalue weighted by Crippen LogP contribution is 2.44. The molecule has 0 radical (unpaired) electrons. The van der Waals surface area contributed by atoms with Gasteiger partial charge in [0.15, 0.2) is 0 Å². The van der Waals surface area contributed by atoms with E-state index >= 15 is 17.6 Å². The summed E-state index contributed by atoms with van der Waals surface area (Å²) in [5.41, 5.74) is 4.29. The lowest BCUT2D eigenvalue weighted by atomic mass is 9.99. The SMILES string of the molecule is N#Cc1cc(F)c(/C=C/c2cc(N(c3ccccc3)c3ccccc3)c(/C=C/c3c(F)cc(C#N)cc3F)cc2N(c2ccccc2)c2ccccc2)c(F)c1. The Balaban J connectivity index is 1.56. The van der Waals surface area contributed by atoms with E-state index in [1.807, 2.05) is 143 Å². The predicted octanol–water partition coefficient (Wildman–Crippen LogP) is 13.3. The summed E-state index contributed by atoms with van der Waals surface area (Å²) in [6.07, 6.45) is 5.86. The minimum Gasteiger partial charge on any atom is -0.310 e. The van der Waals surface area contributed by atoms with Gasteiger partial charge >= 0.3 is 0 Å². The van der Waals surface area contributed by atoms with Crippen LogP contribution in [-0.2, 0) is 0 Å². The third-order valence-electron chi connectivity index (χ3n) is 8.99. The predicted molar refractivity (Wildman–Crippen MR) is 216 cm³/mol. The van der Waals surface area contributed by atoms with Crippen molar-refractivity contribution in [1.82, 2.24) is 0 Å². The minimum absolute atomic E-state index is 0.146. The summed E-state index contributed by atoms with van der Waals surface area (Å²) in [7, 11) is 0. The molecule has 0 heterocycles. The molecule has 0 aliphatic rings. The Bertz CT molecular complexity index is 2340. The van der Waals surface area contributed by atoms with E-state index < -0.39 is 23.3 Å². The Morgan fingerprint density at radius 2 is 0.643 bits per heavy atom. The Hall–Kier alpha value is -7.68. The van der Waals surface area contributed by atoms with Crippen molar-refractivity contribution in [3.63, 3.8) is 0 Å². The Labute approximate surface area is 322 Å². The van der Waals surface area contributed by atoms with Gasteiger partial charge < -0.3 is 9.80 Å². The number of halogens is 4. The molecule has 0 spiro atoms. The van der Waals surface area contributed by atoms with Crippen LogP contribution in [-0.4, -0.2) is 0 Å². The molecule has 0 aliphatic carbocycles. The molecule has 0 aromatic heterocycles. The average molecular weight is 739 g/mol. The quantitative estimate of drug-likeness (QED) is 0.104. The number of nitriles is 2. The van der Waals surface area contributed by atoms with Gasteiger partial charge in [-0.2, -0.15) is 10.5 Å². The highest BCUT2D eigenvalue weighted by Gasteiger charge is 2.22. The molecule has 0 unspecified atom stereocenters. The molecule has 0 N–H and O–H groups in total. The molecule has 0 saturated carbocycles. The lowest BCUT2D eigenvalue weighted by Crippen LogP contribution is -2.15. The largest absolute Gasteiger partial charge is 0.310 e. The van der Waals surface area contributed by atoms with Crippen LogP contribution < -0.4 is 9.80 Å². The molecule has 0 fully saturated rings. The maximum Gasteiger partial charge on any atom is 0.134 e. The third kappa shape index (κ3) is 7.82. The molecule has 7 aromatic carbocycles. The summed E-state index contributed by atoms with van der Waals surface area (Å²) in [4.78, 5) is 3.95. The van der Waals surface area contributed by atoms with E-state index in [4.69, 9.17) is 0 Å². The molecular formula is C48H30F4N4. The van der Waals surface area contributed by atoms with Crippen molar-refractivity contribution in [2.75, 3.05) is 9.80 Å². The summed E-state index contributed by atoms with van der Waals surface area (Å²) in [6, 6.07) is 49.3. The molecule has 8 heteroatoms. The summed E-state index contributed by atoms with van der Waals surface area (Å²) in [5.74, 6) is -3.60. The van der Waals surface area contributed by atoms with Crippen LogP contribution in [0.1, 0.15) is 33.4 Å². The molecular weight excluding hydrogens is 709 g/mol. The van der Waals surface area contributed by atoms with Crippen LogP contribution in [0.25, 0.3) is 24.3 Å². The smallest absolute Gasteiger partial charge is 0.134 e. The van der Waals surface area contributed by atoms with Gasteiger partial charge in [0, 0.05) is 45.0 Å². The van der Waals surface area contributed by atoms with Crippen LogP contribution in [0, 0.1) is 45.9 Å². The summed E-state index contributed by atoms with van der Waals surface area (Å²) in [6.45, 7) is 0. The van der Waals surface area contributed by atoms with Crippen molar-refractivity contribution in [1.29, 1.82) is 10.5 Å². The van der Waals surface area contributed by atoms with Crippen LogP contribution in [0.5, 0.6) is 0 Å². The fraction of sp³-hybridized carbons (Fsp3) is 0. The lowest BCUT2D eigenvalue weighted by Gasteiger charge is -2.31. The highest BCUT2D eigenvalue weighted by molar-refractivity contribution is 5.94. The van der Waals surface area contributed by atoms with Crippen LogP contribution in [0.3, 0.4) is 0 Å². The van der Waals surface area contributed by atoms with E-state index in [0.29, 0.717) is 22.5 Å². The molecule has 7 aromatic rings. The summed E-state index contributed by atoms with van der Waals surface area (Å²) in [5, 5.41) is 18.6.